The van der Waals surface area contributed by atoms with E-state index in [1.165, 1.54) is 12.1 Å². The second kappa shape index (κ2) is 8.51. The van der Waals surface area contributed by atoms with E-state index in [-0.39, 0.29) is 18.5 Å². The van der Waals surface area contributed by atoms with E-state index in [2.05, 4.69) is 21.2 Å². The highest BCUT2D eigenvalue weighted by atomic mass is 19.1. The molecule has 4 aromatic rings. The van der Waals surface area contributed by atoms with Gasteiger partial charge in [-0.1, -0.05) is 6.07 Å². The van der Waals surface area contributed by atoms with Crippen molar-refractivity contribution in [3.63, 3.8) is 0 Å². The van der Waals surface area contributed by atoms with Crippen LogP contribution in [0.15, 0.2) is 54.9 Å². The number of nitrogens with zero attached hydrogens (tertiary/aromatic N) is 2. The second-order valence-electron chi connectivity index (χ2n) is 7.21. The number of nitrogens with one attached hydrogen (secondary N) is 1. The molecule has 0 spiro atoms. The number of ether oxygens (including phenoxy) is 2. The molecule has 6 nitrogen and oxygen atoms in total. The fraction of sp³-hybridized carbons (Fsp3) is 0.217. The lowest BCUT2D eigenvalue weighted by molar-refractivity contribution is 0.285. The Labute approximate surface area is 173 Å². The van der Waals surface area contributed by atoms with Crippen molar-refractivity contribution in [2.24, 2.45) is 5.73 Å². The lowest BCUT2D eigenvalue weighted by Gasteiger charge is -2.15. The van der Waals surface area contributed by atoms with Crippen molar-refractivity contribution >= 4 is 10.9 Å². The summed E-state index contributed by atoms with van der Waals surface area (Å²) in [5, 5.41) is 8.32. The van der Waals surface area contributed by atoms with Crippen molar-refractivity contribution in [1.82, 2.24) is 15.2 Å². The van der Waals surface area contributed by atoms with E-state index in [1.807, 2.05) is 25.1 Å². The van der Waals surface area contributed by atoms with Crippen LogP contribution in [0.5, 0.6) is 11.5 Å². The molecule has 2 aromatic heterocycles. The zero-order valence-electron chi connectivity index (χ0n) is 16.9. The first-order valence-corrected chi connectivity index (χ1v) is 9.64. The number of nitrogens with two attached hydrogens (primary N) is 1. The molecule has 0 unspecified atom stereocenters. The van der Waals surface area contributed by atoms with Crippen LogP contribution in [0, 0.1) is 12.7 Å². The first-order valence-electron chi connectivity index (χ1n) is 9.64. The average molecular weight is 406 g/mol. The van der Waals surface area contributed by atoms with E-state index in [4.69, 9.17) is 15.2 Å². The summed E-state index contributed by atoms with van der Waals surface area (Å²) < 4.78 is 24.7. The number of methoxy groups -OCH3 is 1. The average Bonchev–Trinajstić information content (AvgIpc) is 3.13. The Hall–Kier alpha value is -3.45. The fourth-order valence-electron chi connectivity index (χ4n) is 3.43. The van der Waals surface area contributed by atoms with Crippen LogP contribution in [0.25, 0.3) is 22.0 Å². The van der Waals surface area contributed by atoms with Crippen molar-refractivity contribution in [2.75, 3.05) is 13.7 Å². The summed E-state index contributed by atoms with van der Waals surface area (Å²) in [6.45, 7) is 2.24. The van der Waals surface area contributed by atoms with Crippen LogP contribution in [0.1, 0.15) is 11.3 Å². The summed E-state index contributed by atoms with van der Waals surface area (Å²) in [7, 11) is 1.55. The van der Waals surface area contributed by atoms with Crippen LogP contribution in [-0.2, 0) is 6.42 Å². The molecule has 4 rings (SSSR count). The molecule has 30 heavy (non-hydrogen) atoms. The molecular formula is C23H23FN4O2. The minimum absolute atomic E-state index is 0.269. The minimum Gasteiger partial charge on any atom is -0.496 e. The number of rotatable bonds is 7. The molecule has 2 aromatic carbocycles. The summed E-state index contributed by atoms with van der Waals surface area (Å²) in [6, 6.07) is 12.1. The van der Waals surface area contributed by atoms with E-state index >= 15 is 0 Å². The van der Waals surface area contributed by atoms with Crippen LogP contribution in [0.4, 0.5) is 4.39 Å². The number of H-pyrrole nitrogens is 1. The molecule has 0 amide bonds. The van der Waals surface area contributed by atoms with E-state index < -0.39 is 0 Å². The third kappa shape index (κ3) is 4.26. The van der Waals surface area contributed by atoms with Gasteiger partial charge in [-0.25, -0.2) is 4.39 Å². The van der Waals surface area contributed by atoms with Crippen LogP contribution < -0.4 is 15.2 Å². The summed E-state index contributed by atoms with van der Waals surface area (Å²) in [5.41, 5.74) is 10.8. The van der Waals surface area contributed by atoms with Gasteiger partial charge >= 0.3 is 0 Å². The molecule has 0 aliphatic carbocycles. The normalized spacial score (nSPS) is 12.1. The lowest BCUT2D eigenvalue weighted by atomic mass is 10.0. The van der Waals surface area contributed by atoms with E-state index in [9.17, 15) is 4.39 Å². The first-order chi connectivity index (χ1) is 14.5. The number of aromatic nitrogens is 3. The van der Waals surface area contributed by atoms with Gasteiger partial charge in [0.1, 0.15) is 23.9 Å². The SMILES string of the molecule is COc1ccc(F)cc1C[C@H](N)COc1cncc(-c2ccc3[nH]nc(C)c3c2)c1. The maximum absolute atomic E-state index is 13.6. The molecule has 0 saturated heterocycles. The Morgan fingerprint density at radius 3 is 2.80 bits per heavy atom. The highest BCUT2D eigenvalue weighted by Gasteiger charge is 2.12. The number of benzene rings is 2. The quantitative estimate of drug-likeness (QED) is 0.484. The molecule has 0 saturated carbocycles. The molecule has 2 heterocycles. The summed E-state index contributed by atoms with van der Waals surface area (Å²) in [4.78, 5) is 4.29. The Morgan fingerprint density at radius 1 is 1.10 bits per heavy atom. The minimum atomic E-state index is -0.325. The predicted octanol–water partition coefficient (Wildman–Crippen LogP) is 4.03. The molecule has 0 bridgehead atoms. The first kappa shape index (κ1) is 19.8. The predicted molar refractivity (Wildman–Crippen MR) is 114 cm³/mol. The number of hydrogen-bond donors (Lipinski definition) is 2. The van der Waals surface area contributed by atoms with E-state index in [0.29, 0.717) is 23.5 Å². The van der Waals surface area contributed by atoms with Crippen LogP contribution in [0.2, 0.25) is 0 Å². The summed E-state index contributed by atoms with van der Waals surface area (Å²) in [5.74, 6) is 0.916. The number of pyridine rings is 1. The topological polar surface area (TPSA) is 86.0 Å². The van der Waals surface area contributed by atoms with Gasteiger partial charge in [-0.05, 0) is 60.9 Å². The lowest BCUT2D eigenvalue weighted by Crippen LogP contribution is -2.30. The number of aromatic amines is 1. The molecule has 7 heteroatoms. The van der Waals surface area contributed by atoms with Gasteiger partial charge in [0.15, 0.2) is 0 Å². The maximum Gasteiger partial charge on any atom is 0.138 e. The Morgan fingerprint density at radius 2 is 1.97 bits per heavy atom. The van der Waals surface area contributed by atoms with Gasteiger partial charge in [0, 0.05) is 23.2 Å². The largest absolute Gasteiger partial charge is 0.496 e. The van der Waals surface area contributed by atoms with Gasteiger partial charge in [0.05, 0.1) is 24.5 Å². The molecule has 0 radical (unpaired) electrons. The molecule has 0 fully saturated rings. The number of hydrogen-bond acceptors (Lipinski definition) is 5. The maximum atomic E-state index is 13.6. The molecular weight excluding hydrogens is 383 g/mol. The third-order valence-electron chi connectivity index (χ3n) is 4.99. The molecule has 154 valence electrons. The second-order valence-corrected chi connectivity index (χ2v) is 7.21. The van der Waals surface area contributed by atoms with Gasteiger partial charge in [0.25, 0.3) is 0 Å². The third-order valence-corrected chi connectivity index (χ3v) is 4.99. The van der Waals surface area contributed by atoms with Crippen LogP contribution in [0.3, 0.4) is 0 Å². The van der Waals surface area contributed by atoms with Gasteiger partial charge < -0.3 is 15.2 Å². The van der Waals surface area contributed by atoms with E-state index in [1.54, 1.807) is 25.6 Å². The smallest absolute Gasteiger partial charge is 0.138 e. The molecule has 3 N–H and O–H groups in total. The Balaban J connectivity index is 1.45. The van der Waals surface area contributed by atoms with Gasteiger partial charge in [-0.15, -0.1) is 0 Å². The molecule has 0 aliphatic rings. The van der Waals surface area contributed by atoms with Crippen LogP contribution >= 0.6 is 0 Å². The standard InChI is InChI=1S/C23H23FN4O2/c1-14-21-10-15(3-5-22(21)28-27-14)17-9-20(12-26-11-17)30-13-19(25)8-16-7-18(24)4-6-23(16)29-2/h3-7,9-12,19H,8,13,25H2,1-2H3,(H,27,28)/t19-/m0/s1. The van der Waals surface area contributed by atoms with Crippen molar-refractivity contribution in [3.8, 4) is 22.6 Å². The Bertz CT molecular complexity index is 1180. The molecule has 1 atom stereocenters. The van der Waals surface area contributed by atoms with Crippen molar-refractivity contribution in [2.45, 2.75) is 19.4 Å². The number of fused-ring (bicyclic) bond motifs is 1. The zero-order chi connectivity index (χ0) is 21.1. The van der Waals surface area contributed by atoms with Crippen molar-refractivity contribution in [1.29, 1.82) is 0 Å². The molecule has 0 aliphatic heterocycles. The van der Waals surface area contributed by atoms with Crippen molar-refractivity contribution in [3.05, 3.63) is 71.9 Å². The summed E-state index contributed by atoms with van der Waals surface area (Å²) in [6.07, 6.45) is 3.88. The van der Waals surface area contributed by atoms with Gasteiger partial charge in [-0.2, -0.15) is 5.10 Å². The number of halogens is 1. The highest BCUT2D eigenvalue weighted by molar-refractivity contribution is 5.86. The monoisotopic (exact) mass is 406 g/mol. The van der Waals surface area contributed by atoms with Gasteiger partial charge in [0.2, 0.25) is 0 Å². The summed E-state index contributed by atoms with van der Waals surface area (Å²) >= 11 is 0. The zero-order valence-corrected chi connectivity index (χ0v) is 16.9. The van der Waals surface area contributed by atoms with Crippen molar-refractivity contribution < 1.29 is 13.9 Å². The Kier molecular flexibility index (Phi) is 5.63. The van der Waals surface area contributed by atoms with E-state index in [0.717, 1.165) is 27.7 Å². The number of aryl methyl sites for hydroxylation is 1. The van der Waals surface area contributed by atoms with Crippen LogP contribution in [-0.4, -0.2) is 34.9 Å². The fourth-order valence-corrected chi connectivity index (χ4v) is 3.43. The van der Waals surface area contributed by atoms with Gasteiger partial charge in [-0.3, -0.25) is 10.1 Å². The highest BCUT2D eigenvalue weighted by Crippen LogP contribution is 2.27.